The molecule has 1 radical (unpaired) electrons. The first kappa shape index (κ1) is 36.9. The second-order valence-electron chi connectivity index (χ2n) is 1.60. The Morgan fingerprint density at radius 3 is 0.429 bits per heavy atom. The predicted octanol–water partition coefficient (Wildman–Crippen LogP) is -1.94. The molecule has 0 saturated carbocycles. The van der Waals surface area contributed by atoms with E-state index < -0.39 is 26.2 Å². The normalized spacial score (nSPS) is 5.71. The molecule has 125 valence electrons. The second kappa shape index (κ2) is 31.4. The monoisotopic (exact) mass is 431 g/mol. The number of amides is 5. The molecule has 0 unspecified atom stereocenters. The van der Waals surface area contributed by atoms with E-state index in [-0.39, 0.29) is 18.6 Å². The topological polar surface area (TPSA) is 215 Å². The molecule has 10 nitrogen and oxygen atoms in total. The van der Waals surface area contributed by atoms with Crippen LogP contribution in [0.4, 0.5) is 24.0 Å². The fourth-order valence-corrected chi connectivity index (χ4v) is 0. The van der Waals surface area contributed by atoms with Gasteiger partial charge in [0.2, 0.25) is 0 Å². The molecule has 0 spiro atoms. The molecule has 5 amide bonds. The van der Waals surface area contributed by atoms with Crippen molar-refractivity contribution in [1.29, 1.82) is 0 Å². The van der Waals surface area contributed by atoms with Crippen LogP contribution in [-0.4, -0.2) is 26.2 Å². The molecule has 0 aromatic carbocycles. The number of primary amides is 5. The molecular formula is C5H10N5O5S5V-5. The predicted molar refractivity (Wildman–Crippen MR) is 84.7 cm³/mol. The Morgan fingerprint density at radius 2 is 0.429 bits per heavy atom. The van der Waals surface area contributed by atoms with Crippen molar-refractivity contribution in [2.24, 2.45) is 28.7 Å². The van der Waals surface area contributed by atoms with E-state index in [2.05, 4.69) is 91.8 Å². The van der Waals surface area contributed by atoms with E-state index >= 15 is 0 Å². The Labute approximate surface area is 160 Å². The van der Waals surface area contributed by atoms with Crippen molar-refractivity contribution in [3.05, 3.63) is 0 Å². The quantitative estimate of drug-likeness (QED) is 0.267. The molecule has 0 rings (SSSR count). The number of hydrogen-bond acceptors (Lipinski definition) is 10. The van der Waals surface area contributed by atoms with Crippen LogP contribution in [0.15, 0.2) is 0 Å². The summed E-state index contributed by atoms with van der Waals surface area (Å²) < 4.78 is 0. The SMILES string of the molecule is NC(=O)[S-].NC(=O)[S-].NC(=O)[S-].NC(=O)[S-].NC(=O)[S-].[V]. The molecule has 0 atom stereocenters. The molecule has 0 fully saturated rings. The molecule has 21 heavy (non-hydrogen) atoms. The summed E-state index contributed by atoms with van der Waals surface area (Å²) >= 11 is 18.8. The van der Waals surface area contributed by atoms with Crippen LogP contribution in [0.2, 0.25) is 0 Å². The number of rotatable bonds is 0. The number of hydrogen-bond donors (Lipinski definition) is 5. The Balaban J connectivity index is -0.0000000331. The van der Waals surface area contributed by atoms with Crippen molar-refractivity contribution in [1.82, 2.24) is 0 Å². The maximum atomic E-state index is 9.04. The van der Waals surface area contributed by atoms with E-state index in [1.165, 1.54) is 0 Å². The zero-order chi connectivity index (χ0) is 17.9. The van der Waals surface area contributed by atoms with Gasteiger partial charge in [0.1, 0.15) is 0 Å². The van der Waals surface area contributed by atoms with E-state index in [4.69, 9.17) is 24.0 Å². The standard InChI is InChI=1S/5CH3NOS.V/c5*2-1(3)4;/h5*(H3,2,3,4);/p-5. The molecular weight excluding hydrogens is 421 g/mol. The van der Waals surface area contributed by atoms with Crippen molar-refractivity contribution in [2.45, 2.75) is 0 Å². The Bertz CT molecular complexity index is 231. The first-order valence-corrected chi connectivity index (χ1v) is 5.53. The van der Waals surface area contributed by atoms with Crippen LogP contribution < -0.4 is 28.7 Å². The minimum atomic E-state index is -0.750. The first-order chi connectivity index (χ1) is 8.66. The first-order valence-electron chi connectivity index (χ1n) is 3.48. The van der Waals surface area contributed by atoms with E-state index in [0.717, 1.165) is 0 Å². The van der Waals surface area contributed by atoms with Crippen LogP contribution >= 0.6 is 0 Å². The molecule has 0 aromatic rings. The van der Waals surface area contributed by atoms with Crippen molar-refractivity contribution < 1.29 is 42.5 Å². The second-order valence-corrected chi connectivity index (χ2v) is 3.61. The molecule has 0 aromatic heterocycles. The maximum absolute atomic E-state index is 9.04. The molecule has 0 aliphatic rings. The molecule has 16 heteroatoms. The molecule has 0 heterocycles. The summed E-state index contributed by atoms with van der Waals surface area (Å²) in [6.45, 7) is 0. The van der Waals surface area contributed by atoms with Gasteiger partial charge in [0, 0.05) is 18.6 Å². The minimum Gasteiger partial charge on any atom is -0.719 e. The largest absolute Gasteiger partial charge is 0.719 e. The van der Waals surface area contributed by atoms with Gasteiger partial charge in [-0.05, 0) is 0 Å². The average Bonchev–Trinajstić information content (AvgIpc) is 1.94. The van der Waals surface area contributed by atoms with Gasteiger partial charge >= 0.3 is 0 Å². The Kier molecular flexibility index (Phi) is 55.2. The molecule has 0 saturated heterocycles. The smallest absolute Gasteiger partial charge is 0.0954 e. The van der Waals surface area contributed by atoms with Crippen LogP contribution in [0.25, 0.3) is 0 Å². The van der Waals surface area contributed by atoms with E-state index in [0.29, 0.717) is 0 Å². The fraction of sp³-hybridized carbons (Fsp3) is 0. The van der Waals surface area contributed by atoms with Gasteiger partial charge in [0.25, 0.3) is 0 Å². The van der Waals surface area contributed by atoms with Gasteiger partial charge in [-0.2, -0.15) is 0 Å². The molecule has 0 bridgehead atoms. The van der Waals surface area contributed by atoms with Crippen LogP contribution in [-0.2, 0) is 81.7 Å². The summed E-state index contributed by atoms with van der Waals surface area (Å²) in [6.07, 6.45) is 0. The van der Waals surface area contributed by atoms with Gasteiger partial charge in [-0.3, -0.25) is 0 Å². The molecule has 10 N–H and O–H groups in total. The van der Waals surface area contributed by atoms with Crippen LogP contribution in [0.1, 0.15) is 0 Å². The summed E-state index contributed by atoms with van der Waals surface area (Å²) in [5.41, 5.74) is 21.4. The maximum Gasteiger partial charge on any atom is 0.0954 e. The van der Waals surface area contributed by atoms with Gasteiger partial charge in [-0.1, -0.05) is 0 Å². The van der Waals surface area contributed by atoms with Crippen molar-refractivity contribution in [2.75, 3.05) is 0 Å². The number of carbonyl (C=O) groups excluding carboxylic acids is 5. The third kappa shape index (κ3) is 5920. The van der Waals surface area contributed by atoms with Crippen LogP contribution in [0, 0.1) is 0 Å². The van der Waals surface area contributed by atoms with E-state index in [1.54, 1.807) is 0 Å². The molecule has 0 aliphatic heterocycles. The van der Waals surface area contributed by atoms with E-state index in [1.807, 2.05) is 0 Å². The third-order valence-corrected chi connectivity index (χ3v) is 0. The van der Waals surface area contributed by atoms with Crippen molar-refractivity contribution in [3.8, 4) is 0 Å². The van der Waals surface area contributed by atoms with Crippen molar-refractivity contribution in [3.63, 3.8) is 0 Å². The summed E-state index contributed by atoms with van der Waals surface area (Å²) in [4.78, 5) is 45.2. The third-order valence-electron chi connectivity index (χ3n) is 0. The summed E-state index contributed by atoms with van der Waals surface area (Å²) in [7, 11) is 0. The Morgan fingerprint density at radius 1 is 0.429 bits per heavy atom. The average molecular weight is 431 g/mol. The summed E-state index contributed by atoms with van der Waals surface area (Å²) in [5, 5.41) is -3.75. The number of carbonyl (C=O) groups is 5. The van der Waals surface area contributed by atoms with E-state index in [9.17, 15) is 0 Å². The van der Waals surface area contributed by atoms with Gasteiger partial charge in [-0.25, -0.2) is 0 Å². The van der Waals surface area contributed by atoms with Crippen LogP contribution in [0.5, 0.6) is 0 Å². The fourth-order valence-electron chi connectivity index (χ4n) is 0. The van der Waals surface area contributed by atoms with Crippen molar-refractivity contribution >= 4 is 89.3 Å². The zero-order valence-corrected chi connectivity index (χ0v) is 15.4. The molecule has 0 aliphatic carbocycles. The minimum absolute atomic E-state index is 0. The van der Waals surface area contributed by atoms with Gasteiger partial charge in [0.05, 0.1) is 26.2 Å². The Hall–Kier alpha value is -0.966. The number of nitrogens with two attached hydrogens (primary N) is 5. The van der Waals surface area contributed by atoms with Crippen LogP contribution in [0.3, 0.4) is 0 Å². The summed E-state index contributed by atoms with van der Waals surface area (Å²) in [5.74, 6) is 0. The summed E-state index contributed by atoms with van der Waals surface area (Å²) in [6, 6.07) is 0. The van der Waals surface area contributed by atoms with Gasteiger partial charge in [0.15, 0.2) is 0 Å². The van der Waals surface area contributed by atoms with Gasteiger partial charge < -0.3 is 116 Å². The van der Waals surface area contributed by atoms with Gasteiger partial charge in [-0.15, -0.1) is 0 Å². The zero-order valence-electron chi connectivity index (χ0n) is 9.92.